The first-order chi connectivity index (χ1) is 5.59. The first-order valence-corrected chi connectivity index (χ1v) is 3.58. The summed E-state index contributed by atoms with van der Waals surface area (Å²) in [7, 11) is 0. The number of phenols is 1. The molecule has 0 fully saturated rings. The fraction of sp³-hybridized carbons (Fsp3) is 0.222. The Kier molecular flexibility index (Phi) is 5.18. The van der Waals surface area contributed by atoms with Crippen molar-refractivity contribution in [1.29, 1.82) is 0 Å². The Morgan fingerprint density at radius 3 is 2.69 bits per heavy atom. The second-order valence-electron chi connectivity index (χ2n) is 2.60. The number of hydrogen-bond acceptors (Lipinski definition) is 2. The molecule has 0 saturated heterocycles. The van der Waals surface area contributed by atoms with Crippen molar-refractivity contribution < 1.29 is 42.6 Å². The van der Waals surface area contributed by atoms with E-state index in [9.17, 15) is 9.90 Å². The van der Waals surface area contributed by atoms with Gasteiger partial charge in [0.2, 0.25) is 5.91 Å². The van der Waals surface area contributed by atoms with Gasteiger partial charge in [0.1, 0.15) is 0 Å². The monoisotopic (exact) mass is 253 g/mol. The molecule has 1 aromatic rings. The Morgan fingerprint density at radius 2 is 2.23 bits per heavy atom. The van der Waals surface area contributed by atoms with Gasteiger partial charge in [-0.3, -0.25) is 4.79 Å². The third-order valence-electron chi connectivity index (χ3n) is 1.44. The van der Waals surface area contributed by atoms with Crippen molar-refractivity contribution in [2.45, 2.75) is 13.8 Å². The van der Waals surface area contributed by atoms with Crippen LogP contribution in [-0.4, -0.2) is 11.0 Å². The molecule has 0 aliphatic heterocycles. The van der Waals surface area contributed by atoms with E-state index < -0.39 is 0 Å². The summed E-state index contributed by atoms with van der Waals surface area (Å²) in [4.78, 5) is 10.6. The van der Waals surface area contributed by atoms with Crippen molar-refractivity contribution in [2.75, 3.05) is 5.32 Å². The van der Waals surface area contributed by atoms with Crippen LogP contribution in [0.3, 0.4) is 0 Å². The molecule has 0 heterocycles. The maximum absolute atomic E-state index is 10.6. The van der Waals surface area contributed by atoms with Gasteiger partial charge in [0.15, 0.2) is 0 Å². The van der Waals surface area contributed by atoms with Gasteiger partial charge >= 0.3 is 32.7 Å². The van der Waals surface area contributed by atoms with Gasteiger partial charge in [-0.2, -0.15) is 12.1 Å². The second-order valence-corrected chi connectivity index (χ2v) is 2.60. The maximum Gasteiger partial charge on any atom is 3.00 e. The maximum atomic E-state index is 10.6. The molecular weight excluding hydrogens is 243 g/mol. The Hall–Kier alpha value is -0.406. The molecule has 0 aromatic heterocycles. The fourth-order valence-corrected chi connectivity index (χ4v) is 0.814. The number of benzene rings is 1. The predicted molar refractivity (Wildman–Crippen MR) is 46.0 cm³/mol. The molecule has 0 spiro atoms. The minimum absolute atomic E-state index is 0. The summed E-state index contributed by atoms with van der Waals surface area (Å²) in [5, 5.41) is 11.8. The molecule has 1 amide bonds. The van der Waals surface area contributed by atoms with Crippen LogP contribution < -0.4 is 5.32 Å². The normalized spacial score (nSPS) is 8.77. The molecule has 2 N–H and O–H groups in total. The molecule has 0 atom stereocenters. The number of carbonyl (C=O) groups is 1. The Labute approximate surface area is 102 Å². The van der Waals surface area contributed by atoms with E-state index in [1.807, 2.05) is 0 Å². The third-order valence-corrected chi connectivity index (χ3v) is 1.44. The van der Waals surface area contributed by atoms with E-state index >= 15 is 0 Å². The summed E-state index contributed by atoms with van der Waals surface area (Å²) < 4.78 is 0. The minimum atomic E-state index is -0.172. The van der Waals surface area contributed by atoms with E-state index in [2.05, 4.69) is 11.4 Å². The average Bonchev–Trinajstić information content (AvgIpc) is 1.96. The standard InChI is InChI=1S/C9H10NO2.Y/c1-6-3-4-8(5-9(6)12)10-7(2)11;/h3,5,12H,1-2H3,(H,10,11);/q-1;+3. The molecule has 0 aliphatic rings. The Bertz CT molecular complexity index is 312. The van der Waals surface area contributed by atoms with Crippen molar-refractivity contribution in [3.63, 3.8) is 0 Å². The van der Waals surface area contributed by atoms with Crippen LogP contribution in [0.2, 0.25) is 0 Å². The van der Waals surface area contributed by atoms with Gasteiger partial charge in [-0.25, -0.2) is 0 Å². The molecule has 13 heavy (non-hydrogen) atoms. The van der Waals surface area contributed by atoms with Crippen LogP contribution in [0.25, 0.3) is 0 Å². The number of anilines is 1. The van der Waals surface area contributed by atoms with E-state index in [-0.39, 0.29) is 44.4 Å². The number of aryl methyl sites for hydroxylation is 1. The smallest absolute Gasteiger partial charge is 0.533 e. The molecule has 0 bridgehead atoms. The van der Waals surface area contributed by atoms with Gasteiger partial charge < -0.3 is 10.4 Å². The van der Waals surface area contributed by atoms with Gasteiger partial charge in [0, 0.05) is 12.7 Å². The topological polar surface area (TPSA) is 49.3 Å². The summed E-state index contributed by atoms with van der Waals surface area (Å²) in [6.07, 6.45) is 0. The SMILES string of the molecule is CC(=O)Nc1[c-]cc(C)c(O)c1.[Y+3]. The molecule has 64 valence electrons. The number of nitrogens with one attached hydrogen (secondary N) is 1. The number of hydrogen-bond donors (Lipinski definition) is 2. The molecule has 0 saturated carbocycles. The van der Waals surface area contributed by atoms with Crippen LogP contribution in [0.5, 0.6) is 5.75 Å². The van der Waals surface area contributed by atoms with E-state index in [4.69, 9.17) is 0 Å². The quantitative estimate of drug-likeness (QED) is 0.744. The Balaban J connectivity index is 0.00000144. The number of carbonyl (C=O) groups excluding carboxylic acids is 1. The van der Waals surface area contributed by atoms with Crippen molar-refractivity contribution in [1.82, 2.24) is 0 Å². The third kappa shape index (κ3) is 3.88. The van der Waals surface area contributed by atoms with E-state index in [1.165, 1.54) is 13.0 Å². The zero-order chi connectivity index (χ0) is 9.14. The number of aromatic hydroxyl groups is 1. The van der Waals surface area contributed by atoms with Crippen molar-refractivity contribution in [3.05, 3.63) is 23.8 Å². The van der Waals surface area contributed by atoms with Gasteiger partial charge in [-0.1, -0.05) is 12.6 Å². The summed E-state index contributed by atoms with van der Waals surface area (Å²) in [5.74, 6) is -0.00740. The summed E-state index contributed by atoms with van der Waals surface area (Å²) >= 11 is 0. The minimum Gasteiger partial charge on any atom is -0.533 e. The molecule has 1 aromatic carbocycles. The molecule has 0 unspecified atom stereocenters. The number of phenolic OH excluding ortho intramolecular Hbond substituents is 1. The molecule has 4 heteroatoms. The predicted octanol–water partition coefficient (Wildman–Crippen LogP) is 1.46. The zero-order valence-electron chi connectivity index (χ0n) is 7.59. The largest absolute Gasteiger partial charge is 3.00 e. The van der Waals surface area contributed by atoms with Crippen molar-refractivity contribution >= 4 is 11.6 Å². The first-order valence-electron chi connectivity index (χ1n) is 3.58. The van der Waals surface area contributed by atoms with E-state index in [0.717, 1.165) is 5.56 Å². The van der Waals surface area contributed by atoms with Crippen LogP contribution in [0.15, 0.2) is 12.1 Å². The van der Waals surface area contributed by atoms with Crippen LogP contribution >= 0.6 is 0 Å². The van der Waals surface area contributed by atoms with Gasteiger partial charge in [0.05, 0.1) is 0 Å². The van der Waals surface area contributed by atoms with Crippen LogP contribution in [-0.2, 0) is 37.5 Å². The van der Waals surface area contributed by atoms with Crippen molar-refractivity contribution in [3.8, 4) is 5.75 Å². The fourth-order valence-electron chi connectivity index (χ4n) is 0.814. The van der Waals surface area contributed by atoms with Gasteiger partial charge in [0.25, 0.3) is 0 Å². The average molecular weight is 253 g/mol. The second kappa shape index (κ2) is 5.35. The molecule has 0 aliphatic carbocycles. The molecule has 3 nitrogen and oxygen atoms in total. The van der Waals surface area contributed by atoms with Crippen LogP contribution in [0, 0.1) is 13.0 Å². The van der Waals surface area contributed by atoms with Gasteiger partial charge in [-0.15, -0.1) is 11.6 Å². The molecule has 1 rings (SSSR count). The van der Waals surface area contributed by atoms with E-state index in [0.29, 0.717) is 5.69 Å². The van der Waals surface area contributed by atoms with Gasteiger partial charge in [-0.05, 0) is 0 Å². The van der Waals surface area contributed by atoms with Crippen LogP contribution in [0.1, 0.15) is 12.5 Å². The van der Waals surface area contributed by atoms with Crippen LogP contribution in [0.4, 0.5) is 5.69 Å². The Morgan fingerprint density at radius 1 is 1.62 bits per heavy atom. The summed E-state index contributed by atoms with van der Waals surface area (Å²) in [6, 6.07) is 5.91. The van der Waals surface area contributed by atoms with E-state index in [1.54, 1.807) is 13.0 Å². The number of amides is 1. The summed E-state index contributed by atoms with van der Waals surface area (Å²) in [6.45, 7) is 3.17. The number of rotatable bonds is 1. The van der Waals surface area contributed by atoms with Crippen molar-refractivity contribution in [2.24, 2.45) is 0 Å². The molecule has 0 radical (unpaired) electrons. The molecular formula is C9H10NO2Y+2. The first kappa shape index (κ1) is 12.6. The zero-order valence-corrected chi connectivity index (χ0v) is 10.4. The summed E-state index contributed by atoms with van der Waals surface area (Å²) in [5.41, 5.74) is 1.23.